The monoisotopic (exact) mass is 319 g/mol. The van der Waals surface area contributed by atoms with Gasteiger partial charge in [0.2, 0.25) is 0 Å². The topological polar surface area (TPSA) is 64.6 Å². The van der Waals surface area contributed by atoms with E-state index >= 15 is 0 Å². The Labute approximate surface area is 137 Å². The Bertz CT molecular complexity index is 974. The molecule has 0 aliphatic carbocycles. The summed E-state index contributed by atoms with van der Waals surface area (Å²) in [7, 11) is 1.81. The van der Waals surface area contributed by atoms with Gasteiger partial charge >= 0.3 is 11.9 Å². The number of benzene rings is 3. The van der Waals surface area contributed by atoms with Crippen LogP contribution in [0.15, 0.2) is 54.6 Å². The van der Waals surface area contributed by atoms with Crippen LogP contribution in [0.4, 0.5) is 5.69 Å². The molecule has 0 aromatic heterocycles. The number of cyclic esters (lactones) is 2. The standard InChI is InChI=1S/C19H13NO4/c1-20-14-7-2-3-8-16(14)23-15-10-9-13-17-11(15)5-4-6-12(17)18(21)24-19(13)22/h2-10,20H,1H3. The maximum absolute atomic E-state index is 12.0. The molecule has 1 aliphatic heterocycles. The van der Waals surface area contributed by atoms with Gasteiger partial charge in [-0.1, -0.05) is 24.3 Å². The summed E-state index contributed by atoms with van der Waals surface area (Å²) in [5.74, 6) is -0.0389. The number of esters is 2. The molecule has 1 aliphatic rings. The maximum atomic E-state index is 12.0. The van der Waals surface area contributed by atoms with Crippen molar-refractivity contribution in [2.45, 2.75) is 0 Å². The van der Waals surface area contributed by atoms with Crippen LogP contribution in [0.3, 0.4) is 0 Å². The van der Waals surface area contributed by atoms with Crippen molar-refractivity contribution in [2.75, 3.05) is 12.4 Å². The molecule has 1 N–H and O–H groups in total. The Hall–Kier alpha value is -3.34. The molecule has 4 rings (SSSR count). The molecule has 3 aromatic rings. The summed E-state index contributed by atoms with van der Waals surface area (Å²) in [6, 6.07) is 16.1. The predicted octanol–water partition coefficient (Wildman–Crippen LogP) is 3.98. The molecule has 1 heterocycles. The first kappa shape index (κ1) is 14.3. The zero-order valence-corrected chi connectivity index (χ0v) is 12.8. The zero-order chi connectivity index (χ0) is 16.7. The number of carbonyl (C=O) groups is 2. The molecule has 118 valence electrons. The van der Waals surface area contributed by atoms with E-state index in [1.165, 1.54) is 0 Å². The summed E-state index contributed by atoms with van der Waals surface area (Å²) in [5, 5.41) is 4.33. The lowest BCUT2D eigenvalue weighted by Gasteiger charge is -2.18. The molecule has 0 amide bonds. The summed E-state index contributed by atoms with van der Waals surface area (Å²) in [4.78, 5) is 23.9. The Morgan fingerprint density at radius 1 is 0.833 bits per heavy atom. The molecule has 0 unspecified atom stereocenters. The highest BCUT2D eigenvalue weighted by atomic mass is 16.6. The highest BCUT2D eigenvalue weighted by Gasteiger charge is 2.28. The molecule has 0 radical (unpaired) electrons. The zero-order valence-electron chi connectivity index (χ0n) is 12.8. The number of anilines is 1. The minimum absolute atomic E-state index is 0.370. The molecule has 3 aromatic carbocycles. The Balaban J connectivity index is 1.92. The maximum Gasteiger partial charge on any atom is 0.346 e. The number of nitrogens with one attached hydrogen (secondary N) is 1. The summed E-state index contributed by atoms with van der Waals surface area (Å²) in [5.41, 5.74) is 1.58. The molecule has 0 atom stereocenters. The van der Waals surface area contributed by atoms with E-state index in [0.29, 0.717) is 33.4 Å². The fraction of sp³-hybridized carbons (Fsp3) is 0.0526. The van der Waals surface area contributed by atoms with Gasteiger partial charge in [-0.25, -0.2) is 9.59 Å². The lowest BCUT2D eigenvalue weighted by molar-refractivity contribution is 0.0391. The molecular weight excluding hydrogens is 306 g/mol. The highest BCUT2D eigenvalue weighted by Crippen LogP contribution is 2.38. The van der Waals surface area contributed by atoms with Crippen molar-refractivity contribution in [1.82, 2.24) is 0 Å². The van der Waals surface area contributed by atoms with Crippen LogP contribution in [0.25, 0.3) is 10.8 Å². The predicted molar refractivity (Wildman–Crippen MR) is 89.8 cm³/mol. The second-order valence-corrected chi connectivity index (χ2v) is 5.36. The Kier molecular flexibility index (Phi) is 3.20. The number of ether oxygens (including phenoxy) is 2. The first-order valence-corrected chi connectivity index (χ1v) is 7.46. The molecule has 0 saturated heterocycles. The Morgan fingerprint density at radius 2 is 1.58 bits per heavy atom. The van der Waals surface area contributed by atoms with E-state index in [0.717, 1.165) is 5.69 Å². The molecule has 0 saturated carbocycles. The lowest BCUT2D eigenvalue weighted by Crippen LogP contribution is -2.19. The van der Waals surface area contributed by atoms with Crippen molar-refractivity contribution in [3.05, 3.63) is 65.7 Å². The highest BCUT2D eigenvalue weighted by molar-refractivity contribution is 6.21. The van der Waals surface area contributed by atoms with Gasteiger partial charge in [0, 0.05) is 17.8 Å². The van der Waals surface area contributed by atoms with Crippen molar-refractivity contribution in [3.63, 3.8) is 0 Å². The van der Waals surface area contributed by atoms with Crippen molar-refractivity contribution in [2.24, 2.45) is 0 Å². The third-order valence-electron chi connectivity index (χ3n) is 4.00. The minimum atomic E-state index is -0.633. The van der Waals surface area contributed by atoms with Gasteiger partial charge in [-0.15, -0.1) is 0 Å². The van der Waals surface area contributed by atoms with Gasteiger partial charge in [0.05, 0.1) is 16.8 Å². The SMILES string of the molecule is CNc1ccccc1Oc1ccc2c3c(cccc13)C(=O)OC2=O. The Morgan fingerprint density at radius 3 is 2.38 bits per heavy atom. The first-order valence-electron chi connectivity index (χ1n) is 7.46. The fourth-order valence-electron chi connectivity index (χ4n) is 2.88. The van der Waals surface area contributed by atoms with E-state index in [9.17, 15) is 9.59 Å². The number of hydrogen-bond acceptors (Lipinski definition) is 5. The van der Waals surface area contributed by atoms with Gasteiger partial charge in [-0.3, -0.25) is 0 Å². The summed E-state index contributed by atoms with van der Waals surface area (Å²) in [6.45, 7) is 0. The van der Waals surface area contributed by atoms with E-state index in [4.69, 9.17) is 9.47 Å². The molecule has 5 heteroatoms. The number of hydrogen-bond donors (Lipinski definition) is 1. The van der Waals surface area contributed by atoms with Crippen LogP contribution in [0, 0.1) is 0 Å². The second kappa shape index (κ2) is 5.38. The molecule has 24 heavy (non-hydrogen) atoms. The normalized spacial score (nSPS) is 12.9. The molecule has 5 nitrogen and oxygen atoms in total. The van der Waals surface area contributed by atoms with Crippen molar-refractivity contribution >= 4 is 28.4 Å². The van der Waals surface area contributed by atoms with E-state index in [2.05, 4.69) is 5.32 Å². The summed E-state index contributed by atoms with van der Waals surface area (Å²) in [6.07, 6.45) is 0. The van der Waals surface area contributed by atoms with Crippen LogP contribution in [0.2, 0.25) is 0 Å². The number of para-hydroxylation sites is 2. The summed E-state index contributed by atoms with van der Waals surface area (Å²) >= 11 is 0. The lowest BCUT2D eigenvalue weighted by atomic mass is 9.96. The molecule has 0 bridgehead atoms. The smallest absolute Gasteiger partial charge is 0.346 e. The van der Waals surface area contributed by atoms with Crippen LogP contribution in [-0.4, -0.2) is 19.0 Å². The van der Waals surface area contributed by atoms with E-state index < -0.39 is 11.9 Å². The van der Waals surface area contributed by atoms with E-state index in [1.54, 1.807) is 24.3 Å². The average molecular weight is 319 g/mol. The first-order chi connectivity index (χ1) is 11.7. The minimum Gasteiger partial charge on any atom is -0.455 e. The number of rotatable bonds is 3. The largest absolute Gasteiger partial charge is 0.455 e. The fourth-order valence-corrected chi connectivity index (χ4v) is 2.88. The van der Waals surface area contributed by atoms with Crippen LogP contribution < -0.4 is 10.1 Å². The van der Waals surface area contributed by atoms with Crippen LogP contribution in [0.1, 0.15) is 20.7 Å². The van der Waals surface area contributed by atoms with Crippen LogP contribution >= 0.6 is 0 Å². The third kappa shape index (κ3) is 2.10. The van der Waals surface area contributed by atoms with Gasteiger partial charge in [0.15, 0.2) is 5.75 Å². The second-order valence-electron chi connectivity index (χ2n) is 5.36. The van der Waals surface area contributed by atoms with E-state index in [1.807, 2.05) is 37.4 Å². The van der Waals surface area contributed by atoms with Crippen LogP contribution in [-0.2, 0) is 4.74 Å². The van der Waals surface area contributed by atoms with Gasteiger partial charge in [-0.2, -0.15) is 0 Å². The van der Waals surface area contributed by atoms with Gasteiger partial charge < -0.3 is 14.8 Å². The van der Waals surface area contributed by atoms with Crippen LogP contribution in [0.5, 0.6) is 11.5 Å². The summed E-state index contributed by atoms with van der Waals surface area (Å²) < 4.78 is 10.8. The van der Waals surface area contributed by atoms with Crippen molar-refractivity contribution < 1.29 is 19.1 Å². The van der Waals surface area contributed by atoms with Gasteiger partial charge in [0.1, 0.15) is 5.75 Å². The van der Waals surface area contributed by atoms with Gasteiger partial charge in [0.25, 0.3) is 0 Å². The molecular formula is C19H13NO4. The number of carbonyl (C=O) groups excluding carboxylic acids is 2. The molecule has 0 fully saturated rings. The van der Waals surface area contributed by atoms with Crippen molar-refractivity contribution in [1.29, 1.82) is 0 Å². The van der Waals surface area contributed by atoms with Gasteiger partial charge in [-0.05, 0) is 30.3 Å². The molecule has 0 spiro atoms. The van der Waals surface area contributed by atoms with Crippen molar-refractivity contribution in [3.8, 4) is 11.5 Å². The quantitative estimate of drug-likeness (QED) is 0.584. The van der Waals surface area contributed by atoms with E-state index in [-0.39, 0.29) is 0 Å². The third-order valence-corrected chi connectivity index (χ3v) is 4.00. The average Bonchev–Trinajstić information content (AvgIpc) is 2.61.